The number of benzene rings is 1. The molecule has 0 saturated carbocycles. The summed E-state index contributed by atoms with van der Waals surface area (Å²) >= 11 is 6.00. The molecule has 0 bridgehead atoms. The van der Waals surface area contributed by atoms with Crippen molar-refractivity contribution in [3.05, 3.63) is 28.8 Å². The number of halogens is 1. The Morgan fingerprint density at radius 1 is 1.37 bits per heavy atom. The van der Waals surface area contributed by atoms with Crippen molar-refractivity contribution >= 4 is 29.1 Å². The second-order valence-corrected chi connectivity index (χ2v) is 5.25. The number of aryl methyl sites for hydroxylation is 1. The first-order valence-corrected chi connectivity index (χ1v) is 6.64. The molecule has 5 heteroatoms. The van der Waals surface area contributed by atoms with Gasteiger partial charge in [0.2, 0.25) is 11.8 Å². The minimum atomic E-state index is -0.426. The number of nitrogens with zero attached hydrogens (tertiary/aromatic N) is 2. The Bertz CT molecular complexity index is 530. The minimum absolute atomic E-state index is 0.0631. The number of carbonyl (C=O) groups is 2. The summed E-state index contributed by atoms with van der Waals surface area (Å²) in [6.45, 7) is 6.25. The molecular weight excluding hydrogens is 264 g/mol. The van der Waals surface area contributed by atoms with Crippen LogP contribution in [0.25, 0.3) is 0 Å². The maximum Gasteiger partial charge on any atom is 0.249 e. The zero-order chi connectivity index (χ0) is 14.2. The largest absolute Gasteiger partial charge is 0.329 e. The zero-order valence-electron chi connectivity index (χ0n) is 11.3. The van der Waals surface area contributed by atoms with E-state index in [-0.39, 0.29) is 11.8 Å². The Hall–Kier alpha value is -1.55. The molecule has 1 saturated heterocycles. The van der Waals surface area contributed by atoms with Crippen LogP contribution in [0.3, 0.4) is 0 Å². The molecule has 1 heterocycles. The van der Waals surface area contributed by atoms with Gasteiger partial charge in [-0.3, -0.25) is 9.59 Å². The summed E-state index contributed by atoms with van der Waals surface area (Å²) in [6.07, 6.45) is 0. The number of rotatable bonds is 1. The highest BCUT2D eigenvalue weighted by atomic mass is 35.5. The number of piperazine rings is 1. The smallest absolute Gasteiger partial charge is 0.249 e. The van der Waals surface area contributed by atoms with Crippen LogP contribution >= 0.6 is 11.6 Å². The molecule has 1 aliphatic heterocycles. The number of anilines is 1. The van der Waals surface area contributed by atoms with Crippen LogP contribution in [0.1, 0.15) is 19.4 Å². The van der Waals surface area contributed by atoms with E-state index in [4.69, 9.17) is 11.6 Å². The monoisotopic (exact) mass is 280 g/mol. The van der Waals surface area contributed by atoms with Crippen molar-refractivity contribution in [3.8, 4) is 0 Å². The number of carbonyl (C=O) groups excluding carboxylic acids is 2. The lowest BCUT2D eigenvalue weighted by atomic mass is 10.1. The third-order valence-corrected chi connectivity index (χ3v) is 3.76. The van der Waals surface area contributed by atoms with Gasteiger partial charge in [-0.25, -0.2) is 0 Å². The normalized spacial score (nSPS) is 19.8. The van der Waals surface area contributed by atoms with Gasteiger partial charge in [-0.2, -0.15) is 0 Å². The van der Waals surface area contributed by atoms with Crippen LogP contribution in [-0.4, -0.2) is 35.8 Å². The van der Waals surface area contributed by atoms with Gasteiger partial charge in [0.05, 0.1) is 0 Å². The molecule has 1 unspecified atom stereocenters. The van der Waals surface area contributed by atoms with E-state index in [1.165, 1.54) is 6.92 Å². The summed E-state index contributed by atoms with van der Waals surface area (Å²) < 4.78 is 0. The highest BCUT2D eigenvalue weighted by Crippen LogP contribution is 2.27. The molecule has 102 valence electrons. The Kier molecular flexibility index (Phi) is 3.80. The topological polar surface area (TPSA) is 40.6 Å². The van der Waals surface area contributed by atoms with Gasteiger partial charge in [0.25, 0.3) is 0 Å². The molecule has 1 aromatic rings. The molecule has 1 atom stereocenters. The molecule has 0 spiro atoms. The van der Waals surface area contributed by atoms with E-state index in [2.05, 4.69) is 0 Å². The summed E-state index contributed by atoms with van der Waals surface area (Å²) in [5.74, 6) is -0.130. The lowest BCUT2D eigenvalue weighted by Crippen LogP contribution is -2.57. The Morgan fingerprint density at radius 3 is 2.68 bits per heavy atom. The van der Waals surface area contributed by atoms with E-state index < -0.39 is 6.04 Å². The van der Waals surface area contributed by atoms with Gasteiger partial charge >= 0.3 is 0 Å². The maximum absolute atomic E-state index is 12.4. The van der Waals surface area contributed by atoms with Crippen molar-refractivity contribution in [2.75, 3.05) is 18.0 Å². The molecule has 0 N–H and O–H groups in total. The van der Waals surface area contributed by atoms with E-state index in [0.29, 0.717) is 18.1 Å². The SMILES string of the molecule is CC(=O)N1CCN(c2cc(Cl)ccc2C)C(=O)C1C. The van der Waals surface area contributed by atoms with Gasteiger partial charge in [-0.15, -0.1) is 0 Å². The molecule has 1 fully saturated rings. The fourth-order valence-corrected chi connectivity index (χ4v) is 2.58. The second kappa shape index (κ2) is 5.21. The van der Waals surface area contributed by atoms with Crippen molar-refractivity contribution < 1.29 is 9.59 Å². The molecular formula is C14H17ClN2O2. The van der Waals surface area contributed by atoms with E-state index in [0.717, 1.165) is 11.3 Å². The van der Waals surface area contributed by atoms with Crippen molar-refractivity contribution in [1.29, 1.82) is 0 Å². The van der Waals surface area contributed by atoms with E-state index >= 15 is 0 Å². The molecule has 0 aliphatic carbocycles. The van der Waals surface area contributed by atoms with Gasteiger partial charge in [-0.05, 0) is 31.5 Å². The van der Waals surface area contributed by atoms with Crippen LogP contribution in [0.4, 0.5) is 5.69 Å². The average Bonchev–Trinajstić information content (AvgIpc) is 2.35. The van der Waals surface area contributed by atoms with Crippen LogP contribution in [0.2, 0.25) is 5.02 Å². The van der Waals surface area contributed by atoms with Crippen LogP contribution < -0.4 is 4.90 Å². The van der Waals surface area contributed by atoms with Crippen LogP contribution in [-0.2, 0) is 9.59 Å². The molecule has 1 aromatic carbocycles. The standard InChI is InChI=1S/C14H17ClN2O2/c1-9-4-5-12(15)8-13(9)17-7-6-16(11(3)18)10(2)14(17)19/h4-5,8,10H,6-7H2,1-3H3. The minimum Gasteiger partial charge on any atom is -0.329 e. The fraction of sp³-hybridized carbons (Fsp3) is 0.429. The van der Waals surface area contributed by atoms with E-state index in [9.17, 15) is 9.59 Å². The van der Waals surface area contributed by atoms with Crippen molar-refractivity contribution in [1.82, 2.24) is 4.90 Å². The molecule has 1 aliphatic rings. The van der Waals surface area contributed by atoms with Gasteiger partial charge in [0.1, 0.15) is 6.04 Å². The van der Waals surface area contributed by atoms with E-state index in [1.807, 2.05) is 13.0 Å². The average molecular weight is 281 g/mol. The molecule has 2 rings (SSSR count). The summed E-state index contributed by atoms with van der Waals surface area (Å²) in [7, 11) is 0. The molecule has 19 heavy (non-hydrogen) atoms. The summed E-state index contributed by atoms with van der Waals surface area (Å²) in [5, 5.41) is 0.607. The van der Waals surface area contributed by atoms with Crippen molar-refractivity contribution in [2.24, 2.45) is 0 Å². The first kappa shape index (κ1) is 13.9. The molecule has 0 radical (unpaired) electrons. The summed E-state index contributed by atoms with van der Waals surface area (Å²) in [6, 6.07) is 5.07. The number of hydrogen-bond acceptors (Lipinski definition) is 2. The van der Waals surface area contributed by atoms with Gasteiger partial charge in [-0.1, -0.05) is 17.7 Å². The first-order valence-electron chi connectivity index (χ1n) is 6.26. The second-order valence-electron chi connectivity index (χ2n) is 4.81. The van der Waals surface area contributed by atoms with E-state index in [1.54, 1.807) is 28.9 Å². The maximum atomic E-state index is 12.4. The number of hydrogen-bond donors (Lipinski definition) is 0. The molecule has 4 nitrogen and oxygen atoms in total. The lowest BCUT2D eigenvalue weighted by Gasteiger charge is -2.39. The van der Waals surface area contributed by atoms with Gasteiger partial charge in [0.15, 0.2) is 0 Å². The fourth-order valence-electron chi connectivity index (χ4n) is 2.41. The third-order valence-electron chi connectivity index (χ3n) is 3.52. The summed E-state index contributed by atoms with van der Waals surface area (Å²) in [4.78, 5) is 27.2. The van der Waals surface area contributed by atoms with Crippen molar-refractivity contribution in [3.63, 3.8) is 0 Å². The van der Waals surface area contributed by atoms with Gasteiger partial charge < -0.3 is 9.80 Å². The first-order chi connectivity index (χ1) is 8.91. The highest BCUT2D eigenvalue weighted by molar-refractivity contribution is 6.31. The quantitative estimate of drug-likeness (QED) is 0.791. The zero-order valence-corrected chi connectivity index (χ0v) is 12.1. The van der Waals surface area contributed by atoms with Crippen LogP contribution in [0.5, 0.6) is 0 Å². The predicted octanol–water partition coefficient (Wildman–Crippen LogP) is 2.23. The van der Waals surface area contributed by atoms with Crippen molar-refractivity contribution in [2.45, 2.75) is 26.8 Å². The Balaban J connectivity index is 2.30. The van der Waals surface area contributed by atoms with Crippen LogP contribution in [0, 0.1) is 6.92 Å². The highest BCUT2D eigenvalue weighted by Gasteiger charge is 2.34. The predicted molar refractivity (Wildman–Crippen MR) is 75.4 cm³/mol. The van der Waals surface area contributed by atoms with Gasteiger partial charge in [0, 0.05) is 30.7 Å². The Labute approximate surface area is 117 Å². The Morgan fingerprint density at radius 2 is 2.05 bits per heavy atom. The molecule has 0 aromatic heterocycles. The number of amides is 2. The van der Waals surface area contributed by atoms with Crippen LogP contribution in [0.15, 0.2) is 18.2 Å². The summed E-state index contributed by atoms with van der Waals surface area (Å²) in [5.41, 5.74) is 1.83. The lowest BCUT2D eigenvalue weighted by molar-refractivity contribution is -0.139. The third kappa shape index (κ3) is 2.59. The molecule has 2 amide bonds.